The largest absolute Gasteiger partial charge is 0.490 e. The van der Waals surface area contributed by atoms with Crippen LogP contribution in [0.3, 0.4) is 0 Å². The first-order valence-electron chi connectivity index (χ1n) is 12.6. The molecule has 0 saturated heterocycles. The molecule has 1 aliphatic rings. The Morgan fingerprint density at radius 2 is 1.56 bits per heavy atom. The lowest BCUT2D eigenvalue weighted by Gasteiger charge is -2.30. The normalized spacial score (nSPS) is 16.8. The van der Waals surface area contributed by atoms with Crippen molar-refractivity contribution in [1.82, 2.24) is 15.3 Å². The van der Waals surface area contributed by atoms with E-state index >= 15 is 0 Å². The molecule has 10 nitrogen and oxygen atoms in total. The minimum absolute atomic E-state index is 0.0764. The molecule has 1 fully saturated rings. The maximum absolute atomic E-state index is 12.8. The van der Waals surface area contributed by atoms with Gasteiger partial charge in [-0.3, -0.25) is 4.79 Å². The predicted octanol–water partition coefficient (Wildman–Crippen LogP) is 4.43. The van der Waals surface area contributed by atoms with Gasteiger partial charge in [-0.05, 0) is 64.7 Å². The summed E-state index contributed by atoms with van der Waals surface area (Å²) < 4.78 is 43.0. The number of nitrogens with zero attached hydrogens (tertiary/aromatic N) is 3. The van der Waals surface area contributed by atoms with Gasteiger partial charge in [0.1, 0.15) is 5.82 Å². The number of halogens is 3. The van der Waals surface area contributed by atoms with Gasteiger partial charge in [0, 0.05) is 43.5 Å². The Balaban J connectivity index is 0.000000673. The molecular weight excluding hydrogens is 519 g/mol. The van der Waals surface area contributed by atoms with Crippen LogP contribution < -0.4 is 25.0 Å². The molecule has 0 radical (unpaired) electrons. The summed E-state index contributed by atoms with van der Waals surface area (Å²) in [5.74, 6) is -0.0104. The van der Waals surface area contributed by atoms with E-state index < -0.39 is 12.1 Å². The predicted molar refractivity (Wildman–Crippen MR) is 141 cm³/mol. The molecule has 1 heterocycles. The fourth-order valence-corrected chi connectivity index (χ4v) is 3.88. The SMILES string of the molecule is CCOc1ccc(C(=O)N[C@H]2CC[C@@H](Nc3cc(C)nc(N(C)C)n3)CC2)cc1OCC.O=C(O)C(F)(F)F. The molecule has 3 rings (SSSR count). The van der Waals surface area contributed by atoms with Gasteiger partial charge >= 0.3 is 12.1 Å². The van der Waals surface area contributed by atoms with Gasteiger partial charge in [-0.15, -0.1) is 0 Å². The number of hydrogen-bond acceptors (Lipinski definition) is 8. The van der Waals surface area contributed by atoms with Gasteiger partial charge in [0.2, 0.25) is 5.95 Å². The summed E-state index contributed by atoms with van der Waals surface area (Å²) in [6, 6.07) is 7.82. The van der Waals surface area contributed by atoms with Gasteiger partial charge in [0.15, 0.2) is 11.5 Å². The Bertz CT molecular complexity index is 1110. The molecule has 1 amide bonds. The fourth-order valence-electron chi connectivity index (χ4n) is 3.88. The van der Waals surface area contributed by atoms with E-state index in [1.165, 1.54) is 0 Å². The summed E-state index contributed by atoms with van der Waals surface area (Å²) in [6.07, 6.45) is -1.30. The second-order valence-electron chi connectivity index (χ2n) is 9.09. The number of carboxylic acids is 1. The third kappa shape index (κ3) is 10.1. The number of aromatic nitrogens is 2. The number of carbonyl (C=O) groups excluding carboxylic acids is 1. The van der Waals surface area contributed by atoms with Crippen molar-refractivity contribution in [3.05, 3.63) is 35.5 Å². The maximum atomic E-state index is 12.8. The monoisotopic (exact) mass is 555 g/mol. The molecule has 1 aliphatic carbocycles. The molecule has 13 heteroatoms. The molecule has 0 spiro atoms. The molecule has 1 aromatic heterocycles. The van der Waals surface area contributed by atoms with Crippen LogP contribution in [0, 0.1) is 6.92 Å². The number of aryl methyl sites for hydroxylation is 1. The van der Waals surface area contributed by atoms with Gasteiger partial charge in [-0.1, -0.05) is 0 Å². The number of carbonyl (C=O) groups is 2. The van der Waals surface area contributed by atoms with Crippen molar-refractivity contribution in [2.45, 2.75) is 64.7 Å². The van der Waals surface area contributed by atoms with Gasteiger partial charge < -0.3 is 30.1 Å². The van der Waals surface area contributed by atoms with Crippen molar-refractivity contribution in [2.75, 3.05) is 37.5 Å². The van der Waals surface area contributed by atoms with Gasteiger partial charge in [0.05, 0.1) is 13.2 Å². The molecule has 0 unspecified atom stereocenters. The summed E-state index contributed by atoms with van der Waals surface area (Å²) in [4.78, 5) is 32.6. The van der Waals surface area contributed by atoms with Gasteiger partial charge in [-0.25, -0.2) is 9.78 Å². The zero-order valence-corrected chi connectivity index (χ0v) is 22.8. The van der Waals surface area contributed by atoms with Gasteiger partial charge in [-0.2, -0.15) is 18.2 Å². The maximum Gasteiger partial charge on any atom is 0.490 e. The van der Waals surface area contributed by atoms with E-state index in [1.54, 1.807) is 18.2 Å². The molecule has 1 saturated carbocycles. The average Bonchev–Trinajstić information content (AvgIpc) is 2.86. The summed E-state index contributed by atoms with van der Waals surface area (Å²) in [5.41, 5.74) is 1.53. The van der Waals surface area contributed by atoms with Crippen LogP contribution in [0.25, 0.3) is 0 Å². The third-order valence-corrected chi connectivity index (χ3v) is 5.70. The molecule has 0 aliphatic heterocycles. The molecule has 0 bridgehead atoms. The van der Waals surface area contributed by atoms with E-state index in [4.69, 9.17) is 19.4 Å². The summed E-state index contributed by atoms with van der Waals surface area (Å²) in [7, 11) is 3.88. The van der Waals surface area contributed by atoms with Crippen molar-refractivity contribution < 1.29 is 37.3 Å². The van der Waals surface area contributed by atoms with Crippen molar-refractivity contribution in [3.8, 4) is 11.5 Å². The van der Waals surface area contributed by atoms with Gasteiger partial charge in [0.25, 0.3) is 5.91 Å². The lowest BCUT2D eigenvalue weighted by molar-refractivity contribution is -0.192. The number of hydrogen-bond donors (Lipinski definition) is 3. The van der Waals surface area contributed by atoms with Crippen LogP contribution in [0.5, 0.6) is 11.5 Å². The number of amides is 1. The second kappa shape index (κ2) is 14.4. The highest BCUT2D eigenvalue weighted by atomic mass is 19.4. The molecular formula is C26H36F3N5O5. The number of aliphatic carboxylic acids is 1. The quantitative estimate of drug-likeness (QED) is 0.412. The molecule has 3 N–H and O–H groups in total. The Labute approximate surface area is 225 Å². The fraction of sp³-hybridized carbons (Fsp3) is 0.538. The van der Waals surface area contributed by atoms with Crippen molar-refractivity contribution in [2.24, 2.45) is 0 Å². The Morgan fingerprint density at radius 3 is 2.10 bits per heavy atom. The van der Waals surface area contributed by atoms with Crippen molar-refractivity contribution in [3.63, 3.8) is 0 Å². The first-order chi connectivity index (χ1) is 18.3. The molecule has 1 aromatic carbocycles. The van der Waals surface area contributed by atoms with E-state index in [1.807, 2.05) is 45.8 Å². The highest BCUT2D eigenvalue weighted by molar-refractivity contribution is 5.95. The second-order valence-corrected chi connectivity index (χ2v) is 9.09. The minimum Gasteiger partial charge on any atom is -0.490 e. The van der Waals surface area contributed by atoms with Crippen LogP contribution >= 0.6 is 0 Å². The summed E-state index contributed by atoms with van der Waals surface area (Å²) in [5, 5.41) is 13.8. The lowest BCUT2D eigenvalue weighted by atomic mass is 9.91. The van der Waals surface area contributed by atoms with Crippen LogP contribution in [0.15, 0.2) is 24.3 Å². The first-order valence-corrected chi connectivity index (χ1v) is 12.6. The number of ether oxygens (including phenoxy) is 2. The lowest BCUT2D eigenvalue weighted by Crippen LogP contribution is -2.40. The van der Waals surface area contributed by atoms with Crippen LogP contribution in [-0.2, 0) is 4.79 Å². The molecule has 0 atom stereocenters. The number of benzene rings is 1. The van der Waals surface area contributed by atoms with Crippen LogP contribution in [0.1, 0.15) is 55.6 Å². The minimum atomic E-state index is -5.08. The standard InChI is InChI=1S/C24H35N5O3.C2HF3O2/c1-6-31-20-13-8-17(15-21(20)32-7-2)23(30)27-19-11-9-18(10-12-19)26-22-14-16(3)25-24(28-22)29(4)5;3-2(4,5)1(6)7/h8,13-15,18-19H,6-7,9-12H2,1-5H3,(H,27,30)(H,25,26,28);(H,6,7)/t18-,19+;. The molecule has 2 aromatic rings. The first kappa shape index (κ1) is 31.4. The van der Waals surface area contributed by atoms with E-state index in [-0.39, 0.29) is 11.9 Å². The number of carboxylic acid groups (broad SMARTS) is 1. The summed E-state index contributed by atoms with van der Waals surface area (Å²) in [6.45, 7) is 6.88. The highest BCUT2D eigenvalue weighted by Gasteiger charge is 2.38. The van der Waals surface area contributed by atoms with Crippen LogP contribution in [-0.4, -0.2) is 72.5 Å². The topological polar surface area (TPSA) is 126 Å². The van der Waals surface area contributed by atoms with E-state index in [0.29, 0.717) is 42.3 Å². The van der Waals surface area contributed by atoms with Crippen LogP contribution in [0.4, 0.5) is 24.9 Å². The van der Waals surface area contributed by atoms with Crippen LogP contribution in [0.2, 0.25) is 0 Å². The van der Waals surface area contributed by atoms with E-state index in [0.717, 1.165) is 37.2 Å². The van der Waals surface area contributed by atoms with Crippen molar-refractivity contribution in [1.29, 1.82) is 0 Å². The van der Waals surface area contributed by atoms with E-state index in [9.17, 15) is 18.0 Å². The summed E-state index contributed by atoms with van der Waals surface area (Å²) >= 11 is 0. The zero-order valence-electron chi connectivity index (χ0n) is 22.8. The number of alkyl halides is 3. The van der Waals surface area contributed by atoms with E-state index in [2.05, 4.69) is 20.6 Å². The smallest absolute Gasteiger partial charge is 0.490 e. The number of nitrogens with one attached hydrogen (secondary N) is 2. The highest BCUT2D eigenvalue weighted by Crippen LogP contribution is 2.29. The molecule has 216 valence electrons. The van der Waals surface area contributed by atoms with Crippen molar-refractivity contribution >= 4 is 23.6 Å². The molecule has 39 heavy (non-hydrogen) atoms. The zero-order chi connectivity index (χ0) is 29.2. The Morgan fingerprint density at radius 1 is 1.00 bits per heavy atom. The number of anilines is 2. The Kier molecular flexibility index (Phi) is 11.6. The number of rotatable bonds is 9. The third-order valence-electron chi connectivity index (χ3n) is 5.70. The average molecular weight is 556 g/mol. The Hall–Kier alpha value is -3.77.